The molecule has 0 spiro atoms. The van der Waals surface area contributed by atoms with Crippen LogP contribution in [0.3, 0.4) is 0 Å². The van der Waals surface area contributed by atoms with E-state index in [0.717, 1.165) is 43.9 Å². The number of hydrogen-bond donors (Lipinski definition) is 1. The number of nitrogens with zero attached hydrogens (tertiary/aromatic N) is 3. The summed E-state index contributed by atoms with van der Waals surface area (Å²) in [6, 6.07) is 3.55. The van der Waals surface area contributed by atoms with Crippen LogP contribution >= 0.6 is 0 Å². The van der Waals surface area contributed by atoms with E-state index in [-0.39, 0.29) is 22.5 Å². The van der Waals surface area contributed by atoms with E-state index in [4.69, 9.17) is 0 Å². The fraction of sp³-hybridized carbons (Fsp3) is 0.632. The van der Waals surface area contributed by atoms with Crippen molar-refractivity contribution in [2.24, 2.45) is 22.4 Å². The molecule has 0 radical (unpaired) electrons. The molecule has 148 valence electrons. The predicted octanol–water partition coefficient (Wildman–Crippen LogP) is 5.53. The van der Waals surface area contributed by atoms with Crippen LogP contribution in [-0.4, -0.2) is 15.6 Å². The number of non-ortho nitro benzene ring substituents is 1. The number of nitro benzene ring substituents is 2. The van der Waals surface area contributed by atoms with Gasteiger partial charge in [-0.15, -0.1) is 0 Å². The van der Waals surface area contributed by atoms with Crippen molar-refractivity contribution in [3.05, 3.63) is 38.4 Å². The summed E-state index contributed by atoms with van der Waals surface area (Å²) >= 11 is 0. The maximum atomic E-state index is 11.3. The van der Waals surface area contributed by atoms with E-state index in [1.807, 2.05) is 0 Å². The number of nitrogens with one attached hydrogen (secondary N) is 1. The Bertz CT molecular complexity index is 745. The highest BCUT2D eigenvalue weighted by atomic mass is 16.6. The third-order valence-electron chi connectivity index (χ3n) is 5.48. The van der Waals surface area contributed by atoms with Crippen LogP contribution in [0, 0.1) is 37.5 Å². The minimum atomic E-state index is -0.644. The van der Waals surface area contributed by atoms with Crippen molar-refractivity contribution in [3.63, 3.8) is 0 Å². The van der Waals surface area contributed by atoms with Gasteiger partial charge in [0.05, 0.1) is 15.9 Å². The number of benzene rings is 1. The van der Waals surface area contributed by atoms with Crippen LogP contribution in [0.4, 0.5) is 17.1 Å². The number of nitro groups is 2. The van der Waals surface area contributed by atoms with Crippen LogP contribution < -0.4 is 5.43 Å². The minimum Gasteiger partial charge on any atom is -0.272 e. The van der Waals surface area contributed by atoms with E-state index < -0.39 is 9.85 Å². The van der Waals surface area contributed by atoms with Crippen LogP contribution in [0.1, 0.15) is 59.8 Å². The molecule has 1 N–H and O–H groups in total. The van der Waals surface area contributed by atoms with Crippen molar-refractivity contribution in [3.8, 4) is 0 Å². The monoisotopic (exact) mass is 376 g/mol. The molecule has 1 saturated carbocycles. The molecular formula is C19H28N4O4. The average molecular weight is 376 g/mol. The van der Waals surface area contributed by atoms with E-state index in [0.29, 0.717) is 11.8 Å². The minimum absolute atomic E-state index is 0.103. The summed E-state index contributed by atoms with van der Waals surface area (Å²) in [6.07, 6.45) is 5.12. The zero-order valence-corrected chi connectivity index (χ0v) is 16.4. The summed E-state index contributed by atoms with van der Waals surface area (Å²) in [7, 11) is 0. The van der Waals surface area contributed by atoms with Gasteiger partial charge in [0, 0.05) is 17.7 Å². The Balaban J connectivity index is 2.31. The lowest BCUT2D eigenvalue weighted by atomic mass is 9.65. The average Bonchev–Trinajstić information content (AvgIpc) is 2.60. The number of anilines is 1. The molecule has 1 aliphatic carbocycles. The van der Waals surface area contributed by atoms with Gasteiger partial charge in [0.1, 0.15) is 5.69 Å². The predicted molar refractivity (Wildman–Crippen MR) is 106 cm³/mol. The standard InChI is InChI=1S/C19H28N4O4/c1-5-10-19(3,4)15-11-13(2)6-8-16(15)20-21-17-9-7-14(22(24)25)12-18(17)23(26)27/h7,9,12-13,15,21H,5-6,8,10-11H2,1-4H3. The second-order valence-electron chi connectivity index (χ2n) is 8.10. The number of hydrazone groups is 1. The Morgan fingerprint density at radius 1 is 1.26 bits per heavy atom. The first-order valence-corrected chi connectivity index (χ1v) is 9.41. The first kappa shape index (κ1) is 20.8. The summed E-state index contributed by atoms with van der Waals surface area (Å²) < 4.78 is 0. The lowest BCUT2D eigenvalue weighted by Gasteiger charge is -2.40. The fourth-order valence-electron chi connectivity index (χ4n) is 3.96. The third kappa shape index (κ3) is 5.02. The van der Waals surface area contributed by atoms with Gasteiger partial charge in [-0.2, -0.15) is 5.10 Å². The molecule has 1 aliphatic rings. The van der Waals surface area contributed by atoms with E-state index in [1.165, 1.54) is 12.1 Å². The molecule has 1 fully saturated rings. The van der Waals surface area contributed by atoms with Crippen LogP contribution in [0.15, 0.2) is 23.3 Å². The quantitative estimate of drug-likeness (QED) is 0.496. The van der Waals surface area contributed by atoms with Crippen molar-refractivity contribution in [2.75, 3.05) is 5.43 Å². The van der Waals surface area contributed by atoms with Gasteiger partial charge in [-0.05, 0) is 43.1 Å². The van der Waals surface area contributed by atoms with Crippen molar-refractivity contribution < 1.29 is 9.85 Å². The third-order valence-corrected chi connectivity index (χ3v) is 5.48. The maximum Gasteiger partial charge on any atom is 0.301 e. The van der Waals surface area contributed by atoms with Gasteiger partial charge < -0.3 is 0 Å². The van der Waals surface area contributed by atoms with Crippen LogP contribution in [0.5, 0.6) is 0 Å². The summed E-state index contributed by atoms with van der Waals surface area (Å²) in [5, 5.41) is 26.7. The molecule has 2 unspecified atom stereocenters. The Hall–Kier alpha value is -2.51. The highest BCUT2D eigenvalue weighted by Crippen LogP contribution is 2.42. The first-order valence-electron chi connectivity index (χ1n) is 9.41. The molecule has 27 heavy (non-hydrogen) atoms. The van der Waals surface area contributed by atoms with Crippen molar-refractivity contribution in [1.82, 2.24) is 0 Å². The lowest BCUT2D eigenvalue weighted by molar-refractivity contribution is -0.393. The molecule has 1 aromatic carbocycles. The lowest BCUT2D eigenvalue weighted by Crippen LogP contribution is -2.36. The van der Waals surface area contributed by atoms with Crippen molar-refractivity contribution in [2.45, 2.75) is 59.8 Å². The van der Waals surface area contributed by atoms with Gasteiger partial charge in [-0.1, -0.05) is 34.1 Å². The molecule has 0 aliphatic heterocycles. The van der Waals surface area contributed by atoms with Gasteiger partial charge in [0.2, 0.25) is 0 Å². The fourth-order valence-corrected chi connectivity index (χ4v) is 3.96. The van der Waals surface area contributed by atoms with E-state index in [2.05, 4.69) is 38.2 Å². The summed E-state index contributed by atoms with van der Waals surface area (Å²) in [6.45, 7) is 8.93. The zero-order valence-electron chi connectivity index (χ0n) is 16.4. The van der Waals surface area contributed by atoms with E-state index in [1.54, 1.807) is 0 Å². The normalized spacial score (nSPS) is 21.9. The van der Waals surface area contributed by atoms with E-state index in [9.17, 15) is 20.2 Å². The van der Waals surface area contributed by atoms with Crippen molar-refractivity contribution >= 4 is 22.8 Å². The number of hydrogen-bond acceptors (Lipinski definition) is 6. The Morgan fingerprint density at radius 3 is 2.56 bits per heavy atom. The molecule has 2 rings (SSSR count). The molecule has 0 aromatic heterocycles. The Morgan fingerprint density at radius 2 is 1.96 bits per heavy atom. The van der Waals surface area contributed by atoms with Crippen molar-refractivity contribution in [1.29, 1.82) is 0 Å². The molecule has 8 nitrogen and oxygen atoms in total. The molecular weight excluding hydrogens is 348 g/mol. The highest BCUT2D eigenvalue weighted by molar-refractivity contribution is 5.89. The maximum absolute atomic E-state index is 11.3. The van der Waals surface area contributed by atoms with Gasteiger partial charge in [-0.3, -0.25) is 25.7 Å². The smallest absolute Gasteiger partial charge is 0.272 e. The van der Waals surface area contributed by atoms with Crippen LogP contribution in [-0.2, 0) is 0 Å². The van der Waals surface area contributed by atoms with Gasteiger partial charge in [0.15, 0.2) is 0 Å². The summed E-state index contributed by atoms with van der Waals surface area (Å²) in [5.41, 5.74) is 3.46. The van der Waals surface area contributed by atoms with Gasteiger partial charge >= 0.3 is 5.69 Å². The SMILES string of the molecule is CCCC(C)(C)C1CC(C)CCC1=NNc1ccc([N+](=O)[O-])cc1[N+](=O)[O-]. The van der Waals surface area contributed by atoms with Crippen LogP contribution in [0.25, 0.3) is 0 Å². The zero-order chi connectivity index (χ0) is 20.2. The molecule has 0 amide bonds. The van der Waals surface area contributed by atoms with Crippen LogP contribution in [0.2, 0.25) is 0 Å². The topological polar surface area (TPSA) is 111 Å². The second-order valence-corrected chi connectivity index (χ2v) is 8.10. The summed E-state index contributed by atoms with van der Waals surface area (Å²) in [5.74, 6) is 0.935. The Kier molecular flexibility index (Phi) is 6.51. The Labute approximate surface area is 159 Å². The second kappa shape index (κ2) is 8.45. The first-order chi connectivity index (χ1) is 12.7. The molecule has 0 saturated heterocycles. The number of rotatable bonds is 7. The molecule has 2 atom stereocenters. The highest BCUT2D eigenvalue weighted by Gasteiger charge is 2.36. The van der Waals surface area contributed by atoms with Gasteiger partial charge in [0.25, 0.3) is 5.69 Å². The van der Waals surface area contributed by atoms with Gasteiger partial charge in [-0.25, -0.2) is 0 Å². The molecule has 0 bridgehead atoms. The molecule has 0 heterocycles. The van der Waals surface area contributed by atoms with E-state index >= 15 is 0 Å². The molecule has 1 aromatic rings. The largest absolute Gasteiger partial charge is 0.301 e. The molecule has 8 heteroatoms. The summed E-state index contributed by atoms with van der Waals surface area (Å²) in [4.78, 5) is 20.9.